The molecule has 2 rings (SSSR count). The van der Waals surface area contributed by atoms with E-state index >= 15 is 0 Å². The summed E-state index contributed by atoms with van der Waals surface area (Å²) in [6.45, 7) is 2.35. The lowest BCUT2D eigenvalue weighted by molar-refractivity contribution is 0.424. The van der Waals surface area contributed by atoms with Crippen LogP contribution in [0.4, 0.5) is 0 Å². The van der Waals surface area contributed by atoms with E-state index in [1.54, 1.807) is 25.7 Å². The van der Waals surface area contributed by atoms with Crippen LogP contribution < -0.4 is 0 Å². The highest BCUT2D eigenvalue weighted by Gasteiger charge is 2.51. The smallest absolute Gasteiger partial charge is 0.0271 e. The molecule has 2 fully saturated rings. The summed E-state index contributed by atoms with van der Waals surface area (Å²) >= 11 is 0. The van der Waals surface area contributed by atoms with Crippen molar-refractivity contribution in [2.45, 2.75) is 39.0 Å². The molecule has 0 heterocycles. The lowest BCUT2D eigenvalue weighted by Gasteiger charge is -2.07. The minimum Gasteiger partial charge on any atom is -0.0648 e. The zero-order valence-corrected chi connectivity index (χ0v) is 5.61. The van der Waals surface area contributed by atoms with E-state index in [2.05, 4.69) is 6.92 Å². The third kappa shape index (κ3) is 0.519. The van der Waals surface area contributed by atoms with Gasteiger partial charge in [0, 0.05) is 0 Å². The molecule has 0 atom stereocenters. The molecule has 0 spiro atoms. The quantitative estimate of drug-likeness (QED) is 0.512. The highest BCUT2D eigenvalue weighted by molar-refractivity contribution is 5.02. The van der Waals surface area contributed by atoms with Crippen LogP contribution in [0.2, 0.25) is 0 Å². The van der Waals surface area contributed by atoms with Crippen molar-refractivity contribution < 1.29 is 0 Å². The van der Waals surface area contributed by atoms with Gasteiger partial charge in [0.15, 0.2) is 0 Å². The summed E-state index contributed by atoms with van der Waals surface area (Å²) in [5.74, 6) is 1.17. The molecule has 0 aliphatic heterocycles. The first-order valence-corrected chi connectivity index (χ1v) is 3.87. The highest BCUT2D eigenvalue weighted by Crippen LogP contribution is 2.63. The van der Waals surface area contributed by atoms with Gasteiger partial charge in [-0.2, -0.15) is 0 Å². The van der Waals surface area contributed by atoms with E-state index in [0.29, 0.717) is 0 Å². The lowest BCUT2D eigenvalue weighted by Crippen LogP contribution is -1.98. The molecule has 0 unspecified atom stereocenters. The summed E-state index contributed by atoms with van der Waals surface area (Å²) in [6.07, 6.45) is 7.65. The van der Waals surface area contributed by atoms with Crippen molar-refractivity contribution in [2.75, 3.05) is 0 Å². The Bertz CT molecular complexity index is 96.6. The molecule has 0 aromatic rings. The van der Waals surface area contributed by atoms with Crippen molar-refractivity contribution in [1.82, 2.24) is 0 Å². The Labute approximate surface area is 51.3 Å². The van der Waals surface area contributed by atoms with Gasteiger partial charge in [-0.25, -0.2) is 0 Å². The standard InChI is InChI=1S/C8H14/c1-2-8(5-6-8)7-3-4-7/h7H,2-6H2,1H3. The van der Waals surface area contributed by atoms with Gasteiger partial charge in [-0.1, -0.05) is 13.3 Å². The molecule has 0 radical (unpaired) electrons. The average molecular weight is 110 g/mol. The van der Waals surface area contributed by atoms with Crippen molar-refractivity contribution in [3.63, 3.8) is 0 Å². The molecule has 0 aromatic heterocycles. The molecule has 0 nitrogen and oxygen atoms in total. The van der Waals surface area contributed by atoms with Crippen molar-refractivity contribution in [3.05, 3.63) is 0 Å². The van der Waals surface area contributed by atoms with Crippen LogP contribution in [0.15, 0.2) is 0 Å². The summed E-state index contributed by atoms with van der Waals surface area (Å²) in [5.41, 5.74) is 0.903. The van der Waals surface area contributed by atoms with E-state index in [-0.39, 0.29) is 0 Å². The molecule has 0 bridgehead atoms. The van der Waals surface area contributed by atoms with Crippen LogP contribution in [-0.2, 0) is 0 Å². The maximum Gasteiger partial charge on any atom is -0.0271 e. The SMILES string of the molecule is CCC1(C2CC2)CC1. The van der Waals surface area contributed by atoms with Gasteiger partial charge in [-0.3, -0.25) is 0 Å². The fraction of sp³-hybridized carbons (Fsp3) is 1.00. The topological polar surface area (TPSA) is 0 Å². The van der Waals surface area contributed by atoms with E-state index in [1.807, 2.05) is 0 Å². The van der Waals surface area contributed by atoms with E-state index in [0.717, 1.165) is 5.41 Å². The Hall–Kier alpha value is 0. The first-order valence-electron chi connectivity index (χ1n) is 3.87. The Morgan fingerprint density at radius 3 is 2.12 bits per heavy atom. The van der Waals surface area contributed by atoms with Crippen LogP contribution in [0, 0.1) is 11.3 Å². The number of hydrogen-bond donors (Lipinski definition) is 0. The summed E-state index contributed by atoms with van der Waals surface area (Å²) in [7, 11) is 0. The molecule has 0 saturated heterocycles. The van der Waals surface area contributed by atoms with Gasteiger partial charge in [0.1, 0.15) is 0 Å². The molecule has 2 saturated carbocycles. The van der Waals surface area contributed by atoms with Crippen LogP contribution in [0.5, 0.6) is 0 Å². The minimum atomic E-state index is 0.903. The predicted octanol–water partition coefficient (Wildman–Crippen LogP) is 2.59. The maximum absolute atomic E-state index is 2.35. The fourth-order valence-corrected chi connectivity index (χ4v) is 1.91. The summed E-state index contributed by atoms with van der Waals surface area (Å²) in [5, 5.41) is 0. The van der Waals surface area contributed by atoms with Crippen molar-refractivity contribution in [1.29, 1.82) is 0 Å². The maximum atomic E-state index is 2.35. The molecule has 2 aliphatic carbocycles. The first-order chi connectivity index (χ1) is 3.87. The first kappa shape index (κ1) is 4.84. The Kier molecular flexibility index (Phi) is 0.778. The minimum absolute atomic E-state index is 0.903. The van der Waals surface area contributed by atoms with Crippen LogP contribution in [0.1, 0.15) is 39.0 Å². The summed E-state index contributed by atoms with van der Waals surface area (Å²) in [4.78, 5) is 0. The van der Waals surface area contributed by atoms with Gasteiger partial charge < -0.3 is 0 Å². The monoisotopic (exact) mass is 110 g/mol. The zero-order valence-electron chi connectivity index (χ0n) is 5.61. The Balaban J connectivity index is 1.99. The Morgan fingerprint density at radius 1 is 1.38 bits per heavy atom. The van der Waals surface area contributed by atoms with Crippen molar-refractivity contribution in [2.24, 2.45) is 11.3 Å². The second kappa shape index (κ2) is 1.29. The molecule has 0 N–H and O–H groups in total. The van der Waals surface area contributed by atoms with Gasteiger partial charge in [-0.15, -0.1) is 0 Å². The zero-order chi connectivity index (χ0) is 5.61. The Morgan fingerprint density at radius 2 is 2.00 bits per heavy atom. The van der Waals surface area contributed by atoms with E-state index in [9.17, 15) is 0 Å². The summed E-state index contributed by atoms with van der Waals surface area (Å²) < 4.78 is 0. The van der Waals surface area contributed by atoms with Gasteiger partial charge >= 0.3 is 0 Å². The van der Waals surface area contributed by atoms with E-state index in [4.69, 9.17) is 0 Å². The molecular weight excluding hydrogens is 96.1 g/mol. The summed E-state index contributed by atoms with van der Waals surface area (Å²) in [6, 6.07) is 0. The van der Waals surface area contributed by atoms with E-state index in [1.165, 1.54) is 12.3 Å². The van der Waals surface area contributed by atoms with Crippen LogP contribution in [0.25, 0.3) is 0 Å². The molecule has 0 amide bonds. The third-order valence-electron chi connectivity index (χ3n) is 3.04. The van der Waals surface area contributed by atoms with Crippen LogP contribution in [0.3, 0.4) is 0 Å². The average Bonchev–Trinajstić information content (AvgIpc) is 2.63. The molecule has 8 heavy (non-hydrogen) atoms. The molecular formula is C8H14. The fourth-order valence-electron chi connectivity index (χ4n) is 1.91. The van der Waals surface area contributed by atoms with Gasteiger partial charge in [0.2, 0.25) is 0 Å². The van der Waals surface area contributed by atoms with Crippen molar-refractivity contribution >= 4 is 0 Å². The second-order valence-electron chi connectivity index (χ2n) is 3.49. The number of hydrogen-bond acceptors (Lipinski definition) is 0. The normalized spacial score (nSPS) is 32.6. The van der Waals surface area contributed by atoms with Crippen molar-refractivity contribution in [3.8, 4) is 0 Å². The van der Waals surface area contributed by atoms with Gasteiger partial charge in [0.05, 0.1) is 0 Å². The molecule has 0 heteroatoms. The van der Waals surface area contributed by atoms with Gasteiger partial charge in [-0.05, 0) is 37.0 Å². The third-order valence-corrected chi connectivity index (χ3v) is 3.04. The molecule has 0 aromatic carbocycles. The largest absolute Gasteiger partial charge is 0.0648 e. The van der Waals surface area contributed by atoms with E-state index < -0.39 is 0 Å². The van der Waals surface area contributed by atoms with Crippen LogP contribution >= 0.6 is 0 Å². The second-order valence-corrected chi connectivity index (χ2v) is 3.49. The molecule has 2 aliphatic rings. The number of rotatable bonds is 2. The highest BCUT2D eigenvalue weighted by atomic mass is 14.6. The van der Waals surface area contributed by atoms with Crippen LogP contribution in [-0.4, -0.2) is 0 Å². The lowest BCUT2D eigenvalue weighted by atomic mass is 9.98. The predicted molar refractivity (Wildman–Crippen MR) is 34.7 cm³/mol. The molecule has 46 valence electrons. The van der Waals surface area contributed by atoms with Gasteiger partial charge in [0.25, 0.3) is 0 Å².